The van der Waals surface area contributed by atoms with Gasteiger partial charge < -0.3 is 9.47 Å². The van der Waals surface area contributed by atoms with Gasteiger partial charge in [-0.1, -0.05) is 78.3 Å². The van der Waals surface area contributed by atoms with Gasteiger partial charge in [0, 0.05) is 23.2 Å². The van der Waals surface area contributed by atoms with Gasteiger partial charge in [-0.05, 0) is 48.1 Å². The normalized spacial score (nSPS) is 14.4. The molecule has 0 spiro atoms. The van der Waals surface area contributed by atoms with Gasteiger partial charge >= 0.3 is 12.1 Å². The molecule has 3 aromatic carbocycles. The molecule has 0 aliphatic heterocycles. The van der Waals surface area contributed by atoms with E-state index in [1.165, 1.54) is 7.11 Å². The van der Waals surface area contributed by atoms with E-state index in [4.69, 9.17) is 21.1 Å². The highest BCUT2D eigenvalue weighted by Gasteiger charge is 2.52. The molecule has 1 aliphatic rings. The Balaban J connectivity index is 1.30. The molecule has 0 bridgehead atoms. The Kier molecular flexibility index (Phi) is 6.95. The zero-order valence-corrected chi connectivity index (χ0v) is 22.2. The molecule has 194 valence electrons. The largest absolute Gasteiger partial charge is 0.468 e. The highest BCUT2D eigenvalue weighted by atomic mass is 35.5. The molecule has 1 unspecified atom stereocenters. The van der Waals surface area contributed by atoms with Crippen LogP contribution in [-0.4, -0.2) is 29.0 Å². The lowest BCUT2D eigenvalue weighted by atomic mass is 9.93. The number of ether oxygens (including phenoxy) is 2. The molecule has 1 heterocycles. The summed E-state index contributed by atoms with van der Waals surface area (Å²) in [5, 5.41) is 7.69. The number of halogens is 1. The maximum absolute atomic E-state index is 12.7. The molecule has 1 atom stereocenters. The average molecular weight is 530 g/mol. The lowest BCUT2D eigenvalue weighted by Gasteiger charge is -2.16. The number of anilines is 1. The summed E-state index contributed by atoms with van der Waals surface area (Å²) in [7, 11) is 3.19. The number of nitrogens with one attached hydrogen (secondary N) is 1. The highest BCUT2D eigenvalue weighted by molar-refractivity contribution is 6.31. The summed E-state index contributed by atoms with van der Waals surface area (Å²) in [5.74, 6) is 0.355. The minimum absolute atomic E-state index is 0.169. The lowest BCUT2D eigenvalue weighted by Crippen LogP contribution is -2.21. The molecule has 1 amide bonds. The summed E-state index contributed by atoms with van der Waals surface area (Å²) in [6, 6.07) is 23.3. The van der Waals surface area contributed by atoms with Crippen LogP contribution in [0.2, 0.25) is 5.02 Å². The molecular formula is C30H28ClN3O4. The Morgan fingerprint density at radius 3 is 2.18 bits per heavy atom. The van der Waals surface area contributed by atoms with E-state index in [9.17, 15) is 9.59 Å². The number of methoxy groups -OCH3 is 1. The van der Waals surface area contributed by atoms with Crippen LogP contribution < -0.4 is 5.32 Å². The third-order valence-corrected chi connectivity index (χ3v) is 7.42. The Hall–Kier alpha value is -4.10. The van der Waals surface area contributed by atoms with Crippen LogP contribution in [0.5, 0.6) is 0 Å². The van der Waals surface area contributed by atoms with E-state index in [0.29, 0.717) is 10.8 Å². The summed E-state index contributed by atoms with van der Waals surface area (Å²) in [4.78, 5) is 24.9. The zero-order chi connectivity index (χ0) is 26.9. The second-order valence-electron chi connectivity index (χ2n) is 9.45. The first-order chi connectivity index (χ1) is 18.3. The molecule has 38 heavy (non-hydrogen) atoms. The molecule has 1 N–H and O–H groups in total. The van der Waals surface area contributed by atoms with E-state index in [-0.39, 0.29) is 5.97 Å². The number of rotatable bonds is 7. The third-order valence-electron chi connectivity index (χ3n) is 7.08. The molecule has 1 saturated carbocycles. The van der Waals surface area contributed by atoms with Crippen molar-refractivity contribution in [1.82, 2.24) is 9.78 Å². The van der Waals surface area contributed by atoms with Crippen LogP contribution in [0.4, 0.5) is 10.6 Å². The molecule has 0 radical (unpaired) electrons. The molecule has 5 rings (SSSR count). The Morgan fingerprint density at radius 2 is 1.58 bits per heavy atom. The Morgan fingerprint density at radius 1 is 0.974 bits per heavy atom. The van der Waals surface area contributed by atoms with Crippen LogP contribution in [0.25, 0.3) is 22.3 Å². The van der Waals surface area contributed by atoms with Gasteiger partial charge in [0.2, 0.25) is 0 Å². The summed E-state index contributed by atoms with van der Waals surface area (Å²) < 4.78 is 12.2. The number of amides is 1. The van der Waals surface area contributed by atoms with Crippen LogP contribution >= 0.6 is 11.6 Å². The van der Waals surface area contributed by atoms with Crippen molar-refractivity contribution in [1.29, 1.82) is 0 Å². The maximum atomic E-state index is 12.7. The number of esters is 1. The predicted molar refractivity (Wildman–Crippen MR) is 147 cm³/mol. The number of carbonyl (C=O) groups is 2. The van der Waals surface area contributed by atoms with Crippen LogP contribution in [-0.2, 0) is 26.7 Å². The first kappa shape index (κ1) is 25.5. The average Bonchev–Trinajstić information content (AvgIpc) is 3.67. The minimum Gasteiger partial charge on any atom is -0.468 e. The van der Waals surface area contributed by atoms with Gasteiger partial charge in [0.15, 0.2) is 0 Å². The molecule has 1 aromatic heterocycles. The fourth-order valence-electron chi connectivity index (χ4n) is 4.71. The van der Waals surface area contributed by atoms with E-state index >= 15 is 0 Å². The highest BCUT2D eigenvalue weighted by Crippen LogP contribution is 2.49. The number of benzene rings is 3. The number of aromatic nitrogens is 2. The van der Waals surface area contributed by atoms with Gasteiger partial charge in [-0.2, -0.15) is 5.10 Å². The van der Waals surface area contributed by atoms with E-state index in [0.717, 1.165) is 46.2 Å². The lowest BCUT2D eigenvalue weighted by molar-refractivity contribution is -0.143. The van der Waals surface area contributed by atoms with Gasteiger partial charge in [-0.25, -0.2) is 4.79 Å². The Labute approximate surface area is 226 Å². The summed E-state index contributed by atoms with van der Waals surface area (Å²) in [5.41, 5.74) is 4.99. The van der Waals surface area contributed by atoms with E-state index in [1.54, 1.807) is 30.9 Å². The fourth-order valence-corrected chi connectivity index (χ4v) is 5.00. The number of aryl methyl sites for hydroxylation is 1. The monoisotopic (exact) mass is 529 g/mol. The van der Waals surface area contributed by atoms with Crippen molar-refractivity contribution in [3.05, 3.63) is 95.1 Å². The smallest absolute Gasteiger partial charge is 0.413 e. The molecule has 0 saturated heterocycles. The standard InChI is InChI=1S/C30H28ClN3O4/c1-19(24-6-4-5-7-26(24)31)38-29(36)33-27-25(18-32-34(27)2)22-10-8-20(9-11-22)21-12-14-23(15-13-21)30(16-17-30)28(35)37-3/h4-15,18-19H,16-17H2,1-3H3,(H,33,36). The fraction of sp³-hybridized carbons (Fsp3) is 0.233. The van der Waals surface area contributed by atoms with Crippen molar-refractivity contribution in [2.24, 2.45) is 7.05 Å². The SMILES string of the molecule is COC(=O)C1(c2ccc(-c3ccc(-c4cnn(C)c4NC(=O)OC(C)c4ccccc4Cl)cc3)cc2)CC1. The molecule has 4 aromatic rings. The van der Waals surface area contributed by atoms with E-state index < -0.39 is 17.6 Å². The third kappa shape index (κ3) is 4.89. The summed E-state index contributed by atoms with van der Waals surface area (Å²) >= 11 is 6.24. The van der Waals surface area contributed by atoms with Crippen LogP contribution in [0.1, 0.15) is 37.0 Å². The van der Waals surface area contributed by atoms with Crippen LogP contribution in [0.3, 0.4) is 0 Å². The van der Waals surface area contributed by atoms with Crippen molar-refractivity contribution < 1.29 is 19.1 Å². The number of hydrogen-bond donors (Lipinski definition) is 1. The van der Waals surface area contributed by atoms with Gasteiger partial charge in [0.1, 0.15) is 11.9 Å². The van der Waals surface area contributed by atoms with Crippen molar-refractivity contribution in [3.63, 3.8) is 0 Å². The maximum Gasteiger partial charge on any atom is 0.413 e. The van der Waals surface area contributed by atoms with Gasteiger partial charge in [-0.3, -0.25) is 14.8 Å². The summed E-state index contributed by atoms with van der Waals surface area (Å²) in [6.45, 7) is 1.77. The van der Waals surface area contributed by atoms with Gasteiger partial charge in [-0.15, -0.1) is 0 Å². The molecule has 1 aliphatic carbocycles. The molecule has 8 heteroatoms. The predicted octanol–water partition coefficient (Wildman–Crippen LogP) is 6.92. The van der Waals surface area contributed by atoms with Crippen molar-refractivity contribution in [2.75, 3.05) is 12.4 Å². The summed E-state index contributed by atoms with van der Waals surface area (Å²) in [6.07, 6.45) is 2.23. The second kappa shape index (κ2) is 10.3. The van der Waals surface area contributed by atoms with E-state index in [1.807, 2.05) is 66.7 Å². The first-order valence-corrected chi connectivity index (χ1v) is 12.7. The van der Waals surface area contributed by atoms with Crippen LogP contribution in [0, 0.1) is 0 Å². The molecule has 7 nitrogen and oxygen atoms in total. The molecular weight excluding hydrogens is 502 g/mol. The first-order valence-electron chi connectivity index (χ1n) is 12.4. The number of hydrogen-bond acceptors (Lipinski definition) is 5. The minimum atomic E-state index is -0.598. The molecule has 1 fully saturated rings. The van der Waals surface area contributed by atoms with Crippen molar-refractivity contribution in [3.8, 4) is 22.3 Å². The van der Waals surface area contributed by atoms with Crippen molar-refractivity contribution >= 4 is 29.5 Å². The van der Waals surface area contributed by atoms with Gasteiger partial charge in [0.05, 0.1) is 18.7 Å². The number of nitrogens with zero attached hydrogens (tertiary/aromatic N) is 2. The van der Waals surface area contributed by atoms with Crippen LogP contribution in [0.15, 0.2) is 79.0 Å². The van der Waals surface area contributed by atoms with Crippen molar-refractivity contribution in [2.45, 2.75) is 31.3 Å². The second-order valence-corrected chi connectivity index (χ2v) is 9.86. The Bertz CT molecular complexity index is 1470. The van der Waals surface area contributed by atoms with E-state index in [2.05, 4.69) is 10.4 Å². The number of carbonyl (C=O) groups excluding carboxylic acids is 2. The topological polar surface area (TPSA) is 82.5 Å². The quantitative estimate of drug-likeness (QED) is 0.263. The van der Waals surface area contributed by atoms with Gasteiger partial charge in [0.25, 0.3) is 0 Å². The zero-order valence-electron chi connectivity index (χ0n) is 21.4.